The van der Waals surface area contributed by atoms with E-state index in [1.54, 1.807) is 12.5 Å². The molecule has 0 saturated heterocycles. The minimum atomic E-state index is 1.06. The summed E-state index contributed by atoms with van der Waals surface area (Å²) >= 11 is 0. The number of nitrogens with zero attached hydrogens (tertiary/aromatic N) is 2. The minimum absolute atomic E-state index is 1.06. The molecule has 1 aromatic heterocycles. The van der Waals surface area contributed by atoms with Crippen molar-refractivity contribution in [3.63, 3.8) is 0 Å². The van der Waals surface area contributed by atoms with Gasteiger partial charge in [-0.1, -0.05) is 0 Å². The summed E-state index contributed by atoms with van der Waals surface area (Å²) in [5.41, 5.74) is 2.46. The minimum Gasteiger partial charge on any atom is -0.349 e. The second-order valence-corrected chi connectivity index (χ2v) is 2.75. The quantitative estimate of drug-likeness (QED) is 0.625. The standard InChI is InChI=1S/C5H7N.C4H6N2/c1-5-2-3-6-4-5;1-4-2-5-3-6-4/h3-4H,2H2,1H3;2-3H,1H3,(H,5,6). The monoisotopic (exact) mass is 163 g/mol. The number of aromatic nitrogens is 2. The molecule has 1 aromatic rings. The van der Waals surface area contributed by atoms with E-state index in [4.69, 9.17) is 0 Å². The van der Waals surface area contributed by atoms with Gasteiger partial charge in [-0.05, 0) is 19.4 Å². The van der Waals surface area contributed by atoms with Crippen molar-refractivity contribution in [2.75, 3.05) is 0 Å². The number of aliphatic imine (C=N–C) groups is 1. The molecular formula is C9H13N3. The SMILES string of the molecule is CC1=CN=CC1.Cc1cnc[nH]1. The average molecular weight is 163 g/mol. The van der Waals surface area contributed by atoms with Crippen LogP contribution >= 0.6 is 0 Å². The van der Waals surface area contributed by atoms with Crippen molar-refractivity contribution in [2.24, 2.45) is 4.99 Å². The van der Waals surface area contributed by atoms with Gasteiger partial charge in [0.25, 0.3) is 0 Å². The molecule has 0 amide bonds. The lowest BCUT2D eigenvalue weighted by Gasteiger charge is -1.76. The van der Waals surface area contributed by atoms with E-state index in [1.165, 1.54) is 5.57 Å². The first-order chi connectivity index (χ1) is 5.79. The predicted molar refractivity (Wildman–Crippen MR) is 50.2 cm³/mol. The average Bonchev–Trinajstić information content (AvgIpc) is 2.63. The van der Waals surface area contributed by atoms with Gasteiger partial charge in [0.15, 0.2) is 0 Å². The fraction of sp³-hybridized carbons (Fsp3) is 0.333. The van der Waals surface area contributed by atoms with Crippen molar-refractivity contribution in [1.29, 1.82) is 0 Å². The first-order valence-electron chi connectivity index (χ1n) is 3.91. The summed E-state index contributed by atoms with van der Waals surface area (Å²) in [7, 11) is 0. The fourth-order valence-electron chi connectivity index (χ4n) is 0.755. The zero-order valence-electron chi connectivity index (χ0n) is 7.41. The van der Waals surface area contributed by atoms with Crippen molar-refractivity contribution in [1.82, 2.24) is 9.97 Å². The van der Waals surface area contributed by atoms with Gasteiger partial charge in [0.05, 0.1) is 6.33 Å². The summed E-state index contributed by atoms with van der Waals surface area (Å²) in [5, 5.41) is 0. The van der Waals surface area contributed by atoms with Crippen LogP contribution in [0.1, 0.15) is 19.0 Å². The maximum absolute atomic E-state index is 3.88. The van der Waals surface area contributed by atoms with Crippen LogP contribution in [-0.2, 0) is 0 Å². The zero-order valence-corrected chi connectivity index (χ0v) is 7.41. The van der Waals surface area contributed by atoms with Crippen LogP contribution in [0.4, 0.5) is 0 Å². The molecule has 1 N–H and O–H groups in total. The summed E-state index contributed by atoms with van der Waals surface area (Å²) in [6, 6.07) is 0. The molecule has 1 aliphatic rings. The summed E-state index contributed by atoms with van der Waals surface area (Å²) in [4.78, 5) is 10.5. The Labute approximate surface area is 72.3 Å². The van der Waals surface area contributed by atoms with Gasteiger partial charge in [0.2, 0.25) is 0 Å². The second kappa shape index (κ2) is 4.49. The zero-order chi connectivity index (χ0) is 8.81. The molecule has 12 heavy (non-hydrogen) atoms. The van der Waals surface area contributed by atoms with E-state index in [-0.39, 0.29) is 0 Å². The molecule has 2 heterocycles. The Morgan fingerprint density at radius 2 is 2.25 bits per heavy atom. The Hall–Kier alpha value is -1.38. The largest absolute Gasteiger partial charge is 0.349 e. The Morgan fingerprint density at radius 1 is 1.42 bits per heavy atom. The van der Waals surface area contributed by atoms with Gasteiger partial charge in [-0.15, -0.1) is 0 Å². The number of H-pyrrole nitrogens is 1. The van der Waals surface area contributed by atoms with Gasteiger partial charge in [-0.25, -0.2) is 4.98 Å². The Balaban J connectivity index is 0.000000120. The molecule has 0 radical (unpaired) electrons. The molecule has 3 nitrogen and oxygen atoms in total. The highest BCUT2D eigenvalue weighted by atomic mass is 14.8. The van der Waals surface area contributed by atoms with Gasteiger partial charge >= 0.3 is 0 Å². The highest BCUT2D eigenvalue weighted by molar-refractivity contribution is 5.64. The predicted octanol–water partition coefficient (Wildman–Crippen LogP) is 2.08. The number of imidazole rings is 1. The third-order valence-electron chi connectivity index (χ3n) is 1.45. The van der Waals surface area contributed by atoms with E-state index in [0.29, 0.717) is 0 Å². The first-order valence-corrected chi connectivity index (χ1v) is 3.91. The number of allylic oxidation sites excluding steroid dienone is 1. The highest BCUT2D eigenvalue weighted by Crippen LogP contribution is 2.01. The van der Waals surface area contributed by atoms with E-state index in [2.05, 4.69) is 21.9 Å². The first kappa shape index (κ1) is 8.71. The topological polar surface area (TPSA) is 41.0 Å². The molecule has 0 unspecified atom stereocenters. The van der Waals surface area contributed by atoms with Crippen molar-refractivity contribution < 1.29 is 0 Å². The lowest BCUT2D eigenvalue weighted by atomic mass is 10.3. The van der Waals surface area contributed by atoms with E-state index in [9.17, 15) is 0 Å². The van der Waals surface area contributed by atoms with Crippen LogP contribution in [0.2, 0.25) is 0 Å². The molecule has 3 heteroatoms. The van der Waals surface area contributed by atoms with E-state index < -0.39 is 0 Å². The molecule has 0 saturated carbocycles. The van der Waals surface area contributed by atoms with Crippen LogP contribution in [0.25, 0.3) is 0 Å². The van der Waals surface area contributed by atoms with Crippen molar-refractivity contribution in [2.45, 2.75) is 20.3 Å². The smallest absolute Gasteiger partial charge is 0.0921 e. The molecule has 0 fully saturated rings. The fourth-order valence-corrected chi connectivity index (χ4v) is 0.755. The molecule has 2 rings (SSSR count). The number of aromatic amines is 1. The maximum Gasteiger partial charge on any atom is 0.0921 e. The summed E-state index contributed by atoms with van der Waals surface area (Å²) in [6.45, 7) is 4.04. The Bertz CT molecular complexity index is 270. The Kier molecular flexibility index (Phi) is 3.26. The van der Waals surface area contributed by atoms with Gasteiger partial charge < -0.3 is 4.98 Å². The van der Waals surface area contributed by atoms with Gasteiger partial charge in [0.1, 0.15) is 0 Å². The van der Waals surface area contributed by atoms with Crippen molar-refractivity contribution in [3.05, 3.63) is 30.0 Å². The molecule has 0 aromatic carbocycles. The van der Waals surface area contributed by atoms with E-state index in [1.807, 2.05) is 19.3 Å². The molecule has 1 aliphatic heterocycles. The summed E-state index contributed by atoms with van der Waals surface area (Å²) in [5.74, 6) is 0. The third-order valence-corrected chi connectivity index (χ3v) is 1.45. The van der Waals surface area contributed by atoms with Crippen molar-refractivity contribution in [3.8, 4) is 0 Å². The molecule has 0 spiro atoms. The van der Waals surface area contributed by atoms with E-state index >= 15 is 0 Å². The van der Waals surface area contributed by atoms with Crippen LogP contribution in [0, 0.1) is 6.92 Å². The highest BCUT2D eigenvalue weighted by Gasteiger charge is 1.87. The van der Waals surface area contributed by atoms with Crippen LogP contribution in [0.15, 0.2) is 29.3 Å². The number of hydrogen-bond acceptors (Lipinski definition) is 2. The summed E-state index contributed by atoms with van der Waals surface area (Å²) in [6.07, 6.45) is 8.30. The van der Waals surface area contributed by atoms with E-state index in [0.717, 1.165) is 12.1 Å². The maximum atomic E-state index is 3.88. The van der Waals surface area contributed by atoms with Gasteiger partial charge in [-0.3, -0.25) is 4.99 Å². The lowest BCUT2D eigenvalue weighted by Crippen LogP contribution is -1.64. The van der Waals surface area contributed by atoms with Crippen LogP contribution < -0.4 is 0 Å². The van der Waals surface area contributed by atoms with Crippen LogP contribution in [0.3, 0.4) is 0 Å². The van der Waals surface area contributed by atoms with Gasteiger partial charge in [-0.2, -0.15) is 0 Å². The summed E-state index contributed by atoms with van der Waals surface area (Å²) < 4.78 is 0. The third kappa shape index (κ3) is 3.14. The van der Waals surface area contributed by atoms with Gasteiger partial charge in [0, 0.05) is 30.7 Å². The van der Waals surface area contributed by atoms with Crippen molar-refractivity contribution >= 4 is 6.21 Å². The molecule has 64 valence electrons. The molecule has 0 bridgehead atoms. The molecular weight excluding hydrogens is 150 g/mol. The molecule has 0 aliphatic carbocycles. The second-order valence-electron chi connectivity index (χ2n) is 2.75. The normalized spacial score (nSPS) is 13.7. The Morgan fingerprint density at radius 3 is 2.42 bits per heavy atom. The van der Waals surface area contributed by atoms with Crippen LogP contribution in [0.5, 0.6) is 0 Å². The lowest BCUT2D eigenvalue weighted by molar-refractivity contribution is 1.25. The number of hydrogen-bond donors (Lipinski definition) is 1. The number of aryl methyl sites for hydroxylation is 1. The molecule has 0 atom stereocenters. The number of nitrogens with one attached hydrogen (secondary N) is 1. The van der Waals surface area contributed by atoms with Crippen LogP contribution in [-0.4, -0.2) is 16.2 Å². The number of rotatable bonds is 0.